The van der Waals surface area contributed by atoms with Gasteiger partial charge in [-0.25, -0.2) is 5.01 Å². The van der Waals surface area contributed by atoms with Crippen LogP contribution < -0.4 is 5.01 Å². The fourth-order valence-corrected chi connectivity index (χ4v) is 4.65. The third kappa shape index (κ3) is 2.88. The molecule has 2 heterocycles. The van der Waals surface area contributed by atoms with E-state index in [4.69, 9.17) is 9.84 Å². The van der Waals surface area contributed by atoms with Crippen molar-refractivity contribution in [3.05, 3.63) is 114 Å². The van der Waals surface area contributed by atoms with Crippen molar-refractivity contribution in [3.63, 3.8) is 0 Å². The highest BCUT2D eigenvalue weighted by molar-refractivity contribution is 6.12. The second-order valence-corrected chi connectivity index (χ2v) is 7.93. The minimum Gasteiger partial charge on any atom is -0.446 e. The number of benzene rings is 4. The number of hydrazone groups is 1. The second-order valence-electron chi connectivity index (χ2n) is 7.93. The molecule has 0 saturated carbocycles. The first-order valence-electron chi connectivity index (χ1n) is 11.0. The molecule has 1 atom stereocenters. The van der Waals surface area contributed by atoms with Crippen LogP contribution in [0.15, 0.2) is 108 Å². The summed E-state index contributed by atoms with van der Waals surface area (Å²) in [6.07, 6.45) is -0.333. The molecule has 1 aliphatic rings. The molecule has 0 aliphatic carbocycles. The molecule has 5 aromatic rings. The molecule has 0 spiro atoms. The van der Waals surface area contributed by atoms with Crippen LogP contribution in [0.1, 0.15) is 24.3 Å². The van der Waals surface area contributed by atoms with E-state index in [1.807, 2.05) is 53.5 Å². The lowest BCUT2D eigenvalue weighted by Crippen LogP contribution is -2.20. The molecule has 1 aliphatic heterocycles. The number of hydrogen-bond acceptors (Lipinski definition) is 3. The van der Waals surface area contributed by atoms with Crippen LogP contribution in [0.5, 0.6) is 0 Å². The highest BCUT2D eigenvalue weighted by atomic mass is 16.5. The van der Waals surface area contributed by atoms with Crippen molar-refractivity contribution in [2.45, 2.75) is 19.7 Å². The van der Waals surface area contributed by atoms with Gasteiger partial charge in [-0.2, -0.15) is 0 Å². The van der Waals surface area contributed by atoms with E-state index in [-0.39, 0.29) is 6.23 Å². The first-order valence-corrected chi connectivity index (χ1v) is 11.0. The van der Waals surface area contributed by atoms with Gasteiger partial charge >= 0.3 is 0 Å². The van der Waals surface area contributed by atoms with Gasteiger partial charge in [0.1, 0.15) is 0 Å². The van der Waals surface area contributed by atoms with E-state index < -0.39 is 0 Å². The Labute approximate surface area is 187 Å². The number of hydrogen-bond donors (Lipinski definition) is 0. The zero-order valence-electron chi connectivity index (χ0n) is 17.8. The van der Waals surface area contributed by atoms with Gasteiger partial charge in [0.15, 0.2) is 0 Å². The summed E-state index contributed by atoms with van der Waals surface area (Å²) in [6.45, 7) is 3.07. The summed E-state index contributed by atoms with van der Waals surface area (Å²) in [5.41, 5.74) is 5.50. The summed E-state index contributed by atoms with van der Waals surface area (Å²) in [4.78, 5) is 0. The zero-order chi connectivity index (χ0) is 21.5. The van der Waals surface area contributed by atoms with Crippen LogP contribution >= 0.6 is 0 Å². The molecule has 0 N–H and O–H groups in total. The van der Waals surface area contributed by atoms with Crippen molar-refractivity contribution in [2.75, 3.05) is 5.01 Å². The topological polar surface area (TPSA) is 29.8 Å². The Morgan fingerprint density at radius 3 is 2.22 bits per heavy atom. The Bertz CT molecular complexity index is 1440. The minimum atomic E-state index is -0.333. The first-order chi connectivity index (χ1) is 15.8. The zero-order valence-corrected chi connectivity index (χ0v) is 17.8. The van der Waals surface area contributed by atoms with E-state index >= 15 is 0 Å². The highest BCUT2D eigenvalue weighted by Gasteiger charge is 2.33. The Hall–Kier alpha value is -4.05. The lowest BCUT2D eigenvalue weighted by molar-refractivity contribution is 0.218. The molecule has 156 valence electrons. The highest BCUT2D eigenvalue weighted by Crippen LogP contribution is 2.41. The van der Waals surface area contributed by atoms with Gasteiger partial charge in [-0.1, -0.05) is 78.9 Å². The van der Waals surface area contributed by atoms with Crippen LogP contribution in [-0.4, -0.2) is 10.5 Å². The monoisotopic (exact) mass is 417 g/mol. The molecule has 4 heteroatoms. The number of anilines is 1. The van der Waals surface area contributed by atoms with Crippen molar-refractivity contribution < 1.29 is 4.74 Å². The third-order valence-corrected chi connectivity index (χ3v) is 6.08. The van der Waals surface area contributed by atoms with E-state index in [0.717, 1.165) is 23.4 Å². The fraction of sp³-hybridized carbons (Fsp3) is 0.107. The molecule has 4 nitrogen and oxygen atoms in total. The molecule has 1 unspecified atom stereocenters. The summed E-state index contributed by atoms with van der Waals surface area (Å²) in [5.74, 6) is 0.635. The van der Waals surface area contributed by atoms with Crippen molar-refractivity contribution in [3.8, 4) is 0 Å². The maximum atomic E-state index is 6.46. The predicted molar refractivity (Wildman–Crippen MR) is 131 cm³/mol. The van der Waals surface area contributed by atoms with E-state index in [0.29, 0.717) is 5.90 Å². The molecule has 4 aromatic carbocycles. The van der Waals surface area contributed by atoms with Crippen molar-refractivity contribution >= 4 is 33.4 Å². The lowest BCUT2D eigenvalue weighted by Gasteiger charge is -2.23. The van der Waals surface area contributed by atoms with E-state index in [2.05, 4.69) is 66.1 Å². The summed E-state index contributed by atoms with van der Waals surface area (Å²) in [6, 6.07) is 35.4. The molecule has 0 radical (unpaired) electrons. The SMILES string of the molecule is CCn1c2ccccc2c2cccc(N3N=C(c4ccccc4)OC3c3ccccc3)c21. The molecule has 0 fully saturated rings. The van der Waals surface area contributed by atoms with Crippen LogP contribution in [0.25, 0.3) is 21.8 Å². The number of rotatable bonds is 4. The van der Waals surface area contributed by atoms with Gasteiger partial charge < -0.3 is 9.30 Å². The Morgan fingerprint density at radius 1 is 0.750 bits per heavy atom. The Kier molecular flexibility index (Phi) is 4.43. The van der Waals surface area contributed by atoms with E-state index in [1.165, 1.54) is 21.8 Å². The molecule has 1 aromatic heterocycles. The normalized spacial score (nSPS) is 15.8. The summed E-state index contributed by atoms with van der Waals surface area (Å²) >= 11 is 0. The van der Waals surface area contributed by atoms with Crippen molar-refractivity contribution in [1.82, 2.24) is 4.57 Å². The van der Waals surface area contributed by atoms with Crippen molar-refractivity contribution in [1.29, 1.82) is 0 Å². The number of aryl methyl sites for hydroxylation is 1. The number of nitrogens with zero attached hydrogens (tertiary/aromatic N) is 3. The minimum absolute atomic E-state index is 0.333. The van der Waals surface area contributed by atoms with Gasteiger partial charge in [0.25, 0.3) is 0 Å². The van der Waals surface area contributed by atoms with Crippen LogP contribution in [0.2, 0.25) is 0 Å². The van der Waals surface area contributed by atoms with Gasteiger partial charge in [-0.15, -0.1) is 5.10 Å². The van der Waals surface area contributed by atoms with E-state index in [9.17, 15) is 0 Å². The Balaban J connectivity index is 1.60. The van der Waals surface area contributed by atoms with Crippen LogP contribution in [-0.2, 0) is 11.3 Å². The summed E-state index contributed by atoms with van der Waals surface area (Å²) in [7, 11) is 0. The second kappa shape index (κ2) is 7.57. The lowest BCUT2D eigenvalue weighted by atomic mass is 10.1. The number of ether oxygens (including phenoxy) is 1. The number of aromatic nitrogens is 1. The Morgan fingerprint density at radius 2 is 1.44 bits per heavy atom. The third-order valence-electron chi connectivity index (χ3n) is 6.08. The molecular weight excluding hydrogens is 394 g/mol. The molecular formula is C28H23N3O. The van der Waals surface area contributed by atoms with Gasteiger partial charge in [-0.3, -0.25) is 0 Å². The first kappa shape index (κ1) is 18.7. The molecule has 6 rings (SSSR count). The van der Waals surface area contributed by atoms with Gasteiger partial charge in [0, 0.05) is 34.0 Å². The van der Waals surface area contributed by atoms with Gasteiger partial charge in [0.2, 0.25) is 12.1 Å². The predicted octanol–water partition coefficient (Wildman–Crippen LogP) is 6.71. The molecule has 0 saturated heterocycles. The summed E-state index contributed by atoms with van der Waals surface area (Å²) < 4.78 is 8.84. The molecule has 32 heavy (non-hydrogen) atoms. The average Bonchev–Trinajstić information content (AvgIpc) is 3.45. The fourth-order valence-electron chi connectivity index (χ4n) is 4.65. The standard InChI is InChI=1S/C28H23N3O/c1-2-30-24-18-10-9-16-22(24)23-17-11-19-25(26(23)30)31-28(21-14-7-4-8-15-21)32-27(29-31)20-12-5-3-6-13-20/h3-19,28H,2H2,1H3. The maximum Gasteiger partial charge on any atom is 0.241 e. The molecule has 0 bridgehead atoms. The number of para-hydroxylation sites is 2. The van der Waals surface area contributed by atoms with Crippen LogP contribution in [0, 0.1) is 0 Å². The smallest absolute Gasteiger partial charge is 0.241 e. The number of fused-ring (bicyclic) bond motifs is 3. The summed E-state index contributed by atoms with van der Waals surface area (Å²) in [5, 5.41) is 9.52. The van der Waals surface area contributed by atoms with Crippen LogP contribution in [0.3, 0.4) is 0 Å². The van der Waals surface area contributed by atoms with Gasteiger partial charge in [0.05, 0.1) is 11.2 Å². The maximum absolute atomic E-state index is 6.46. The molecule has 0 amide bonds. The largest absolute Gasteiger partial charge is 0.446 e. The van der Waals surface area contributed by atoms with E-state index in [1.54, 1.807) is 0 Å². The van der Waals surface area contributed by atoms with Gasteiger partial charge in [-0.05, 0) is 31.2 Å². The average molecular weight is 418 g/mol. The van der Waals surface area contributed by atoms with Crippen LogP contribution in [0.4, 0.5) is 5.69 Å². The quantitative estimate of drug-likeness (QED) is 0.325. The van der Waals surface area contributed by atoms with Crippen molar-refractivity contribution in [2.24, 2.45) is 5.10 Å².